The van der Waals surface area contributed by atoms with Gasteiger partial charge in [-0.15, -0.1) is 5.10 Å². The second-order valence-electron chi connectivity index (χ2n) is 27.7. The summed E-state index contributed by atoms with van der Waals surface area (Å²) < 4.78 is 48.2. The molecule has 0 spiro atoms. The molecular weight excluding hydrogens is 1360 g/mol. The number of likely N-dealkylation sites (N-methyl/N-ethyl adjacent to an activating group) is 2. The highest BCUT2D eigenvalue weighted by Crippen LogP contribution is 2.53. The molecule has 2 aliphatic carbocycles. The molecule has 30 heteroatoms. The number of ketones is 4. The highest BCUT2D eigenvalue weighted by atomic mass is 16.7. The Morgan fingerprint density at radius 2 is 1.51 bits per heavy atom. The number of imide groups is 1. The van der Waals surface area contributed by atoms with Gasteiger partial charge in [0.15, 0.2) is 37.0 Å². The van der Waals surface area contributed by atoms with Crippen LogP contribution >= 0.6 is 0 Å². The highest BCUT2D eigenvalue weighted by molar-refractivity contribution is 6.31. The minimum absolute atomic E-state index is 0.0428. The van der Waals surface area contributed by atoms with Crippen LogP contribution in [0.3, 0.4) is 0 Å². The quantitative estimate of drug-likeness (QED) is 0.0138. The van der Waals surface area contributed by atoms with Gasteiger partial charge in [0.05, 0.1) is 61.0 Å². The van der Waals surface area contributed by atoms with Crippen LogP contribution in [-0.2, 0) is 81.4 Å². The van der Waals surface area contributed by atoms with Crippen molar-refractivity contribution < 1.29 is 101 Å². The highest BCUT2D eigenvalue weighted by Gasteiger charge is 2.51. The number of nitrogens with zero attached hydrogens (tertiary/aromatic N) is 6. The number of aromatic nitrogens is 3. The summed E-state index contributed by atoms with van der Waals surface area (Å²) in [5, 5.41) is 54.8. The standard InChI is InChI=1S/C75H99N9O21/c1-10-12-21-56(86)76-31-17-19-51(84-40-50(79-80-84)65(43(3)4)78-57(87)22-14-13-15-33-83-58(88)28-29-59(83)89)66(90)47(11-2)37-45-23-25-46(26-24-45)41-101-73(95)81(6)34-35-82(7)74(96)102-42-55(85)75(97)38-49-62(70(94)64-63(68(49)92)67(91)48-18-16-20-53(98-8)61(48)69(64)93)54(39-75)104-60-30-27-52(44(5)103-60)105-71-72(99-9)100-36-32-77-71/h16,18,20,23-26,28-29,40,43-44,47,51-52,54,60,65,71-72,77,92,94,97H,10-15,17,19,21-22,27,30-39,41-42H2,1-9H3,(H,76,86)(H,78,87). The Labute approximate surface area is 610 Å². The first-order chi connectivity index (χ1) is 50.3. The van der Waals surface area contributed by atoms with E-state index in [1.54, 1.807) is 29.9 Å². The van der Waals surface area contributed by atoms with Crippen LogP contribution in [0, 0.1) is 11.8 Å². The monoisotopic (exact) mass is 1460 g/mol. The Morgan fingerprint density at radius 3 is 2.19 bits per heavy atom. The molecule has 6 N–H and O–H groups in total. The van der Waals surface area contributed by atoms with Crippen molar-refractivity contribution in [3.8, 4) is 17.2 Å². The second kappa shape index (κ2) is 36.8. The van der Waals surface area contributed by atoms with E-state index < -0.39 is 132 Å². The molecular formula is C75H99N9O21. The predicted octanol–water partition coefficient (Wildman–Crippen LogP) is 6.71. The summed E-state index contributed by atoms with van der Waals surface area (Å²) >= 11 is 0. The maximum Gasteiger partial charge on any atom is 0.409 e. The minimum Gasteiger partial charge on any atom is -0.507 e. The molecule has 30 nitrogen and oxygen atoms in total. The number of rotatable bonds is 36. The van der Waals surface area contributed by atoms with Crippen molar-refractivity contribution in [2.24, 2.45) is 11.8 Å². The summed E-state index contributed by atoms with van der Waals surface area (Å²) in [6, 6.07) is 10.4. The summed E-state index contributed by atoms with van der Waals surface area (Å²) in [5.74, 6) is -5.66. The lowest BCUT2D eigenvalue weighted by atomic mass is 9.72. The summed E-state index contributed by atoms with van der Waals surface area (Å²) in [4.78, 5) is 137. The molecule has 0 radical (unpaired) electrons. The molecule has 3 aromatic carbocycles. The number of ether oxygens (including phenoxy) is 8. The van der Waals surface area contributed by atoms with Gasteiger partial charge in [0, 0.05) is 121 Å². The summed E-state index contributed by atoms with van der Waals surface area (Å²) in [6.07, 6.45) is 2.62. The van der Waals surface area contributed by atoms with Crippen LogP contribution in [0.15, 0.2) is 60.8 Å². The number of benzene rings is 3. The van der Waals surface area contributed by atoms with Crippen molar-refractivity contribution in [2.45, 2.75) is 192 Å². The maximum atomic E-state index is 14.7. The van der Waals surface area contributed by atoms with E-state index >= 15 is 0 Å². The molecule has 2 fully saturated rings. The maximum absolute atomic E-state index is 14.7. The van der Waals surface area contributed by atoms with Gasteiger partial charge in [-0.25, -0.2) is 14.3 Å². The number of aromatic hydroxyl groups is 2. The van der Waals surface area contributed by atoms with Gasteiger partial charge in [-0.05, 0) is 81.4 Å². The molecule has 3 aliphatic heterocycles. The van der Waals surface area contributed by atoms with Crippen molar-refractivity contribution in [1.29, 1.82) is 0 Å². The first-order valence-corrected chi connectivity index (χ1v) is 36.1. The fourth-order valence-electron chi connectivity index (χ4n) is 13.7. The third-order valence-corrected chi connectivity index (χ3v) is 19.9. The molecule has 10 atom stereocenters. The summed E-state index contributed by atoms with van der Waals surface area (Å²) in [5.41, 5.74) is -2.21. The van der Waals surface area contributed by atoms with Gasteiger partial charge in [-0.1, -0.05) is 82.1 Å². The number of nitrogens with one attached hydrogen (secondary N) is 3. The summed E-state index contributed by atoms with van der Waals surface area (Å²) in [7, 11) is 5.66. The molecule has 2 saturated heterocycles. The molecule has 4 aromatic rings. The Morgan fingerprint density at radius 1 is 0.819 bits per heavy atom. The zero-order chi connectivity index (χ0) is 75.8. The molecule has 0 bridgehead atoms. The van der Waals surface area contributed by atoms with Crippen LogP contribution in [0.1, 0.15) is 196 Å². The zero-order valence-corrected chi connectivity index (χ0v) is 61.2. The lowest BCUT2D eigenvalue weighted by molar-refractivity contribution is -0.281. The van der Waals surface area contributed by atoms with Crippen molar-refractivity contribution in [3.63, 3.8) is 0 Å². The van der Waals surface area contributed by atoms with E-state index in [-0.39, 0.29) is 102 Å². The smallest absolute Gasteiger partial charge is 0.409 e. The van der Waals surface area contributed by atoms with Gasteiger partial charge < -0.3 is 73.6 Å². The number of morpholine rings is 1. The third kappa shape index (κ3) is 19.5. The van der Waals surface area contributed by atoms with E-state index in [9.17, 15) is 63.3 Å². The first-order valence-electron chi connectivity index (χ1n) is 36.1. The minimum atomic E-state index is -2.47. The number of carbonyl (C=O) groups excluding carboxylic acids is 10. The Hall–Kier alpha value is -9.04. The number of aliphatic hydroxyl groups is 1. The fourth-order valence-corrected chi connectivity index (χ4v) is 13.7. The third-order valence-electron chi connectivity index (χ3n) is 19.9. The number of phenolic OH excluding ortho intramolecular Hbond substituents is 2. The van der Waals surface area contributed by atoms with Crippen molar-refractivity contribution in [3.05, 3.63) is 111 Å². The fraction of sp³-hybridized carbons (Fsp3) is 0.573. The van der Waals surface area contributed by atoms with Gasteiger partial charge in [-0.3, -0.25) is 48.6 Å². The second-order valence-corrected chi connectivity index (χ2v) is 27.7. The normalized spacial score (nSPS) is 21.4. The Balaban J connectivity index is 0.778. The van der Waals surface area contributed by atoms with Crippen LogP contribution in [0.2, 0.25) is 0 Å². The molecule has 4 heterocycles. The van der Waals surface area contributed by atoms with Crippen LogP contribution in [0.25, 0.3) is 0 Å². The Kier molecular flexibility index (Phi) is 28.1. The van der Waals surface area contributed by atoms with Crippen molar-refractivity contribution >= 4 is 58.9 Å². The number of amides is 6. The topological polar surface area (TPSA) is 382 Å². The van der Waals surface area contributed by atoms with Crippen LogP contribution in [0.5, 0.6) is 17.2 Å². The van der Waals surface area contributed by atoms with E-state index in [2.05, 4.69) is 26.3 Å². The number of hydrogen-bond donors (Lipinski definition) is 6. The Bertz CT molecular complexity index is 3820. The molecule has 6 amide bonds. The number of carbonyl (C=O) groups is 10. The number of fused-ring (bicyclic) bond motifs is 3. The first kappa shape index (κ1) is 80.1. The average Bonchev–Trinajstić information content (AvgIpc) is 1.20. The van der Waals surface area contributed by atoms with Crippen LogP contribution < -0.4 is 20.7 Å². The van der Waals surface area contributed by atoms with E-state index in [0.717, 1.165) is 23.3 Å². The van der Waals surface area contributed by atoms with Gasteiger partial charge in [-0.2, -0.15) is 0 Å². The van der Waals surface area contributed by atoms with E-state index in [4.69, 9.17) is 37.9 Å². The van der Waals surface area contributed by atoms with Gasteiger partial charge >= 0.3 is 12.2 Å². The van der Waals surface area contributed by atoms with Crippen molar-refractivity contribution in [1.82, 2.24) is 45.6 Å². The van der Waals surface area contributed by atoms with Crippen LogP contribution in [-0.4, -0.2) is 215 Å². The molecule has 105 heavy (non-hydrogen) atoms. The molecule has 0 saturated carbocycles. The number of unbranched alkanes of at least 4 members (excludes halogenated alkanes) is 3. The van der Waals surface area contributed by atoms with Gasteiger partial charge in [0.2, 0.25) is 23.4 Å². The van der Waals surface area contributed by atoms with E-state index in [1.165, 1.54) is 68.5 Å². The molecule has 10 unspecified atom stereocenters. The average molecular weight is 1460 g/mol. The van der Waals surface area contributed by atoms with E-state index in [0.29, 0.717) is 88.7 Å². The van der Waals surface area contributed by atoms with Gasteiger partial charge in [0.1, 0.15) is 41.2 Å². The predicted molar refractivity (Wildman–Crippen MR) is 375 cm³/mol. The largest absolute Gasteiger partial charge is 0.507 e. The number of methoxy groups -OCH3 is 2. The molecule has 1 aromatic heterocycles. The zero-order valence-electron chi connectivity index (χ0n) is 61.2. The lowest BCUT2D eigenvalue weighted by Crippen LogP contribution is -2.54. The van der Waals surface area contributed by atoms with Gasteiger partial charge in [0.25, 0.3) is 11.8 Å². The summed E-state index contributed by atoms with van der Waals surface area (Å²) in [6.45, 7) is 9.95. The lowest BCUT2D eigenvalue weighted by Gasteiger charge is -2.42. The van der Waals surface area contributed by atoms with Crippen molar-refractivity contribution in [2.75, 3.05) is 74.3 Å². The molecule has 570 valence electrons. The van der Waals surface area contributed by atoms with E-state index in [1.807, 2.05) is 39.8 Å². The number of hydrogen-bond acceptors (Lipinski definition) is 24. The number of Topliss-reactive ketones (excluding diaryl/α,β-unsaturated/α-hetero) is 2. The SMILES string of the molecule is CCCCC(=O)NCCCC(C(=O)C(CC)Cc1ccc(COC(=O)N(C)CCN(C)C(=O)OCC(=O)C2(O)Cc3c(O)c4c(c(O)c3C(OC3CCC(OC5NCCOC5OC)C(C)O3)C2)C(=O)c2c(OC)cccc2C4=O)cc1)n1cc(C(NC(=O)CCCCCN2C(=O)C=CC2=O)C(C)C)nn1. The van der Waals surface area contributed by atoms with Crippen LogP contribution in [0.4, 0.5) is 9.59 Å². The molecule has 9 rings (SSSR count). The number of phenols is 2. The molecule has 5 aliphatic rings.